The highest BCUT2D eigenvalue weighted by Gasteiger charge is 2.39. The van der Waals surface area contributed by atoms with Crippen LogP contribution in [0, 0.1) is 0 Å². The molecule has 2 saturated heterocycles. The lowest BCUT2D eigenvalue weighted by molar-refractivity contribution is -0.154. The highest BCUT2D eigenvalue weighted by Crippen LogP contribution is 2.47. The number of nitrogens with one attached hydrogen (secondary N) is 2. The number of benzene rings is 2. The van der Waals surface area contributed by atoms with Crippen molar-refractivity contribution < 1.29 is 51.7 Å². The Kier molecular flexibility index (Phi) is 11.8. The van der Waals surface area contributed by atoms with Crippen molar-refractivity contribution in [1.29, 1.82) is 0 Å². The number of carbonyl (C=O) groups excluding carboxylic acids is 3. The maximum Gasteiger partial charge on any atom is 0.459 e. The van der Waals surface area contributed by atoms with Gasteiger partial charge in [0.1, 0.15) is 29.8 Å². The molecule has 15 heteroatoms. The van der Waals surface area contributed by atoms with Gasteiger partial charge in [-0.25, -0.2) is 13.8 Å². The third-order valence-electron chi connectivity index (χ3n) is 7.11. The van der Waals surface area contributed by atoms with E-state index in [2.05, 4.69) is 5.09 Å². The van der Waals surface area contributed by atoms with Gasteiger partial charge in [-0.3, -0.25) is 24.3 Å². The third-order valence-corrected chi connectivity index (χ3v) is 8.74. The Morgan fingerprint density at radius 2 is 1.93 bits per heavy atom. The zero-order valence-electron chi connectivity index (χ0n) is 24.4. The van der Waals surface area contributed by atoms with Crippen LogP contribution >= 0.6 is 7.75 Å². The molecule has 240 valence electrons. The number of fused-ring (bicyclic) bond motifs is 1. The van der Waals surface area contributed by atoms with Crippen LogP contribution < -0.4 is 14.9 Å². The Labute approximate surface area is 254 Å². The van der Waals surface area contributed by atoms with Gasteiger partial charge in [0, 0.05) is 24.4 Å². The predicted octanol–water partition coefficient (Wildman–Crippen LogP) is 3.56. The lowest BCUT2D eigenvalue weighted by Crippen LogP contribution is -2.52. The van der Waals surface area contributed by atoms with Gasteiger partial charge >= 0.3 is 19.7 Å². The van der Waals surface area contributed by atoms with Gasteiger partial charge in [-0.15, -0.1) is 0 Å². The zero-order chi connectivity index (χ0) is 31.7. The fraction of sp³-hybridized carbons (Fsp3) is 0.483. The summed E-state index contributed by atoms with van der Waals surface area (Å²) in [5.74, 6) is -1.11. The van der Waals surface area contributed by atoms with Crippen molar-refractivity contribution in [2.24, 2.45) is 0 Å². The Morgan fingerprint density at radius 1 is 1.20 bits per heavy atom. The average Bonchev–Trinajstić information content (AvgIpc) is 3.00. The number of hydrogen-bond acceptors (Lipinski definition) is 10. The van der Waals surface area contributed by atoms with E-state index in [0.717, 1.165) is 23.4 Å². The number of nitrogens with zero attached hydrogens (tertiary/aromatic N) is 1. The molecule has 13 nitrogen and oxygen atoms in total. The molecule has 44 heavy (non-hydrogen) atoms. The molecule has 2 aliphatic heterocycles. The summed E-state index contributed by atoms with van der Waals surface area (Å²) in [5.41, 5.74) is 0. The van der Waals surface area contributed by atoms with E-state index in [1.807, 2.05) is 23.5 Å². The summed E-state index contributed by atoms with van der Waals surface area (Å²) in [6.07, 6.45) is -0.508. The number of rotatable bonds is 12. The van der Waals surface area contributed by atoms with Crippen LogP contribution in [0.25, 0.3) is 10.8 Å². The standard InChI is InChI=1S/C29H37FN3O10P/c1-19(30)15-33(29(37)31-18-34)22-14-25(35)27(40-16-22)17-41-44(38,32-20(2)28(36)42-23-10-12-39-13-11-23)43-26-9-5-7-21-6-3-4-8-24(21)26/h3-9,15,18,20,22-23,25,27,35H,10-14,16-17H2,1-2H3,(H,32,38)(H,31,34,37)/b19-15+/t20-,22-,25+,27+,44?/m0/s1. The van der Waals surface area contributed by atoms with Gasteiger partial charge in [-0.2, -0.15) is 5.09 Å². The van der Waals surface area contributed by atoms with Gasteiger partial charge in [0.15, 0.2) is 0 Å². The molecule has 2 heterocycles. The first kappa shape index (κ1) is 33.5. The number of aliphatic hydroxyl groups is 1. The second kappa shape index (κ2) is 15.6. The van der Waals surface area contributed by atoms with E-state index in [-0.39, 0.29) is 31.3 Å². The Bertz CT molecular complexity index is 1380. The van der Waals surface area contributed by atoms with Gasteiger partial charge in [-0.05, 0) is 31.7 Å². The molecule has 0 bridgehead atoms. The molecule has 0 saturated carbocycles. The van der Waals surface area contributed by atoms with E-state index in [9.17, 15) is 28.4 Å². The van der Waals surface area contributed by atoms with Crippen LogP contribution in [0.3, 0.4) is 0 Å². The Hall–Kier alpha value is -3.39. The topological polar surface area (TPSA) is 162 Å². The molecule has 4 rings (SSSR count). The van der Waals surface area contributed by atoms with Crippen LogP contribution in [-0.4, -0.2) is 85.2 Å². The molecule has 0 aliphatic carbocycles. The second-order valence-corrected chi connectivity index (χ2v) is 12.2. The molecular formula is C29H37FN3O10P. The largest absolute Gasteiger partial charge is 0.461 e. The Balaban J connectivity index is 1.48. The smallest absolute Gasteiger partial charge is 0.459 e. The van der Waals surface area contributed by atoms with Crippen molar-refractivity contribution in [3.63, 3.8) is 0 Å². The number of halogens is 1. The van der Waals surface area contributed by atoms with Crippen molar-refractivity contribution >= 4 is 36.9 Å². The molecule has 5 atom stereocenters. The summed E-state index contributed by atoms with van der Waals surface area (Å²) >= 11 is 0. The predicted molar refractivity (Wildman–Crippen MR) is 156 cm³/mol. The number of esters is 1. The molecule has 2 aromatic carbocycles. The molecule has 3 N–H and O–H groups in total. The van der Waals surface area contributed by atoms with E-state index in [0.29, 0.717) is 31.4 Å². The fourth-order valence-electron chi connectivity index (χ4n) is 4.86. The summed E-state index contributed by atoms with van der Waals surface area (Å²) < 4.78 is 56.1. The minimum absolute atomic E-state index is 0.0696. The van der Waals surface area contributed by atoms with Crippen LogP contribution in [0.2, 0.25) is 0 Å². The first-order valence-corrected chi connectivity index (χ1v) is 15.8. The molecule has 2 aromatic rings. The van der Waals surface area contributed by atoms with Gasteiger partial charge in [0.25, 0.3) is 0 Å². The van der Waals surface area contributed by atoms with Crippen molar-refractivity contribution in [1.82, 2.24) is 15.3 Å². The van der Waals surface area contributed by atoms with Gasteiger partial charge in [0.05, 0.1) is 38.6 Å². The maximum atomic E-state index is 14.2. The number of allylic oxidation sites excluding steroid dienone is 1. The molecule has 2 fully saturated rings. The van der Waals surface area contributed by atoms with E-state index >= 15 is 0 Å². The van der Waals surface area contributed by atoms with Gasteiger partial charge in [0.2, 0.25) is 6.41 Å². The number of hydrogen-bond donors (Lipinski definition) is 3. The van der Waals surface area contributed by atoms with Crippen LogP contribution in [-0.2, 0) is 32.9 Å². The second-order valence-electron chi connectivity index (χ2n) is 10.5. The van der Waals surface area contributed by atoms with E-state index < -0.39 is 56.5 Å². The molecule has 0 aromatic heterocycles. The summed E-state index contributed by atoms with van der Waals surface area (Å²) in [4.78, 5) is 36.8. The van der Waals surface area contributed by atoms with Crippen LogP contribution in [0.5, 0.6) is 5.75 Å². The highest BCUT2D eigenvalue weighted by atomic mass is 31.2. The number of urea groups is 1. The van der Waals surface area contributed by atoms with Crippen molar-refractivity contribution in [2.75, 3.05) is 26.4 Å². The monoisotopic (exact) mass is 637 g/mol. The van der Waals surface area contributed by atoms with Gasteiger partial charge < -0.3 is 23.8 Å². The minimum Gasteiger partial charge on any atom is -0.461 e. The van der Waals surface area contributed by atoms with Crippen molar-refractivity contribution in [2.45, 2.75) is 63.5 Å². The first-order valence-electron chi connectivity index (χ1n) is 14.2. The number of imide groups is 1. The quantitative estimate of drug-likeness (QED) is 0.177. The number of carbonyl (C=O) groups is 3. The third kappa shape index (κ3) is 9.07. The van der Waals surface area contributed by atoms with E-state index in [1.54, 1.807) is 24.3 Å². The average molecular weight is 638 g/mol. The van der Waals surface area contributed by atoms with Gasteiger partial charge in [-0.1, -0.05) is 36.4 Å². The number of amides is 3. The number of aliphatic hydroxyl groups excluding tert-OH is 1. The molecule has 3 amide bonds. The Morgan fingerprint density at radius 3 is 2.64 bits per heavy atom. The molecular weight excluding hydrogens is 600 g/mol. The van der Waals surface area contributed by atoms with Crippen molar-refractivity contribution in [3.05, 3.63) is 54.5 Å². The lowest BCUT2D eigenvalue weighted by Gasteiger charge is -2.38. The van der Waals surface area contributed by atoms with Crippen LogP contribution in [0.15, 0.2) is 54.5 Å². The summed E-state index contributed by atoms with van der Waals surface area (Å²) in [6, 6.07) is 9.66. The molecule has 0 spiro atoms. The van der Waals surface area contributed by atoms with E-state index in [1.165, 1.54) is 6.92 Å². The van der Waals surface area contributed by atoms with Crippen LogP contribution in [0.1, 0.15) is 33.1 Å². The summed E-state index contributed by atoms with van der Waals surface area (Å²) in [6.45, 7) is 2.96. The maximum absolute atomic E-state index is 14.2. The lowest BCUT2D eigenvalue weighted by atomic mass is 10.0. The number of ether oxygens (including phenoxy) is 3. The molecule has 1 unspecified atom stereocenters. The fourth-order valence-corrected chi connectivity index (χ4v) is 6.38. The summed E-state index contributed by atoms with van der Waals surface area (Å²) in [7, 11) is -4.32. The zero-order valence-corrected chi connectivity index (χ0v) is 25.3. The minimum atomic E-state index is -4.32. The normalized spacial score (nSPS) is 23.3. The molecule has 0 radical (unpaired) electrons. The van der Waals surface area contributed by atoms with E-state index in [4.69, 9.17) is 23.3 Å². The van der Waals surface area contributed by atoms with Crippen LogP contribution in [0.4, 0.5) is 9.18 Å². The summed E-state index contributed by atoms with van der Waals surface area (Å²) in [5, 5.41) is 16.9. The SMILES string of the molecule is C/C(F)=C\N(C(=O)NC=O)[C@@H]1CO[C@H](COP(=O)(N[C@@H](C)C(=O)OC2CCOCC2)Oc2cccc3ccccc23)[C@H](O)C1. The molecule has 2 aliphatic rings. The van der Waals surface area contributed by atoms with Crippen molar-refractivity contribution in [3.8, 4) is 5.75 Å². The first-order chi connectivity index (χ1) is 21.1. The highest BCUT2D eigenvalue weighted by molar-refractivity contribution is 7.52.